The number of nitrogens with one attached hydrogen (secondary N) is 2. The molecule has 1 atom stereocenters. The number of rotatable bonds is 5. The van der Waals surface area contributed by atoms with Crippen LogP contribution in [0.25, 0.3) is 0 Å². The fourth-order valence-electron chi connectivity index (χ4n) is 1.38. The molecule has 2 amide bonds. The highest BCUT2D eigenvalue weighted by Gasteiger charge is 2.19. The minimum atomic E-state index is -0.0699. The van der Waals surface area contributed by atoms with Crippen molar-refractivity contribution in [1.82, 2.24) is 10.6 Å². The molecule has 82 valence electrons. The maximum absolute atomic E-state index is 11.3. The highest BCUT2D eigenvalue weighted by atomic mass is 16.3. The van der Waals surface area contributed by atoms with Crippen molar-refractivity contribution in [2.75, 3.05) is 13.2 Å². The van der Waals surface area contributed by atoms with Gasteiger partial charge in [-0.25, -0.2) is 4.79 Å². The lowest BCUT2D eigenvalue weighted by atomic mass is 9.93. The largest absolute Gasteiger partial charge is 0.396 e. The molecule has 0 aromatic heterocycles. The number of hydrogen-bond donors (Lipinski definition) is 3. The zero-order valence-corrected chi connectivity index (χ0v) is 8.75. The molecule has 1 aliphatic rings. The van der Waals surface area contributed by atoms with Gasteiger partial charge < -0.3 is 15.7 Å². The van der Waals surface area contributed by atoms with E-state index in [1.54, 1.807) is 0 Å². The number of aliphatic hydroxyl groups is 1. The molecule has 1 unspecified atom stereocenters. The van der Waals surface area contributed by atoms with Gasteiger partial charge in [0.2, 0.25) is 0 Å². The zero-order chi connectivity index (χ0) is 10.4. The van der Waals surface area contributed by atoms with Crippen molar-refractivity contribution in [2.45, 2.75) is 38.6 Å². The van der Waals surface area contributed by atoms with Gasteiger partial charge in [0.05, 0.1) is 0 Å². The number of amides is 2. The van der Waals surface area contributed by atoms with Gasteiger partial charge in [0, 0.05) is 19.2 Å². The van der Waals surface area contributed by atoms with Gasteiger partial charge in [-0.1, -0.05) is 6.92 Å². The van der Waals surface area contributed by atoms with Gasteiger partial charge in [0.1, 0.15) is 0 Å². The van der Waals surface area contributed by atoms with Crippen LogP contribution in [0.3, 0.4) is 0 Å². The summed E-state index contributed by atoms with van der Waals surface area (Å²) in [5.41, 5.74) is 0. The predicted octanol–water partition coefficient (Wildman–Crippen LogP) is 0.857. The molecular weight excluding hydrogens is 180 g/mol. The minimum Gasteiger partial charge on any atom is -0.396 e. The summed E-state index contributed by atoms with van der Waals surface area (Å²) in [5, 5.41) is 14.4. The molecule has 0 aromatic rings. The van der Waals surface area contributed by atoms with E-state index in [2.05, 4.69) is 10.6 Å². The Bertz CT molecular complexity index is 181. The Balaban J connectivity index is 2.01. The SMILES string of the molecule is CC(CCO)CNC(=O)NC1CCC1. The lowest BCUT2D eigenvalue weighted by Crippen LogP contribution is -2.46. The van der Waals surface area contributed by atoms with E-state index in [0.29, 0.717) is 18.5 Å². The van der Waals surface area contributed by atoms with Crippen molar-refractivity contribution in [2.24, 2.45) is 5.92 Å². The number of carbonyl (C=O) groups is 1. The zero-order valence-electron chi connectivity index (χ0n) is 8.75. The molecule has 1 saturated carbocycles. The monoisotopic (exact) mass is 200 g/mol. The van der Waals surface area contributed by atoms with Crippen LogP contribution in [0.4, 0.5) is 4.79 Å². The normalized spacial score (nSPS) is 18.4. The molecule has 0 saturated heterocycles. The Morgan fingerprint density at radius 2 is 2.29 bits per heavy atom. The van der Waals surface area contributed by atoms with Gasteiger partial charge in [-0.3, -0.25) is 0 Å². The van der Waals surface area contributed by atoms with E-state index in [-0.39, 0.29) is 12.6 Å². The first-order chi connectivity index (χ1) is 6.72. The van der Waals surface area contributed by atoms with Crippen molar-refractivity contribution in [3.63, 3.8) is 0 Å². The first-order valence-electron chi connectivity index (χ1n) is 5.37. The molecule has 0 spiro atoms. The van der Waals surface area contributed by atoms with E-state index < -0.39 is 0 Å². The summed E-state index contributed by atoms with van der Waals surface area (Å²) in [6, 6.07) is 0.322. The maximum Gasteiger partial charge on any atom is 0.315 e. The molecule has 1 aliphatic carbocycles. The van der Waals surface area contributed by atoms with E-state index in [1.807, 2.05) is 6.92 Å². The van der Waals surface area contributed by atoms with Crippen molar-refractivity contribution in [3.8, 4) is 0 Å². The quantitative estimate of drug-likeness (QED) is 0.616. The van der Waals surface area contributed by atoms with Gasteiger partial charge in [0.15, 0.2) is 0 Å². The van der Waals surface area contributed by atoms with Crippen molar-refractivity contribution in [1.29, 1.82) is 0 Å². The molecular formula is C10H20N2O2. The van der Waals surface area contributed by atoms with Gasteiger partial charge >= 0.3 is 6.03 Å². The van der Waals surface area contributed by atoms with Gasteiger partial charge in [0.25, 0.3) is 0 Å². The highest BCUT2D eigenvalue weighted by molar-refractivity contribution is 5.74. The predicted molar refractivity (Wildman–Crippen MR) is 55.0 cm³/mol. The van der Waals surface area contributed by atoms with Crippen LogP contribution in [-0.2, 0) is 0 Å². The van der Waals surface area contributed by atoms with Crippen molar-refractivity contribution < 1.29 is 9.90 Å². The summed E-state index contributed by atoms with van der Waals surface area (Å²) < 4.78 is 0. The van der Waals surface area contributed by atoms with Crippen LogP contribution in [0.5, 0.6) is 0 Å². The van der Waals surface area contributed by atoms with E-state index >= 15 is 0 Å². The molecule has 0 aliphatic heterocycles. The first-order valence-corrected chi connectivity index (χ1v) is 5.37. The molecule has 1 rings (SSSR count). The second-order valence-corrected chi connectivity index (χ2v) is 4.10. The summed E-state index contributed by atoms with van der Waals surface area (Å²) in [4.78, 5) is 11.3. The Labute approximate surface area is 85.1 Å². The summed E-state index contributed by atoms with van der Waals surface area (Å²) in [6.45, 7) is 2.84. The number of carbonyl (C=O) groups excluding carboxylic acids is 1. The number of hydrogen-bond acceptors (Lipinski definition) is 2. The van der Waals surface area contributed by atoms with Crippen LogP contribution in [-0.4, -0.2) is 30.3 Å². The fourth-order valence-corrected chi connectivity index (χ4v) is 1.38. The molecule has 1 fully saturated rings. The van der Waals surface area contributed by atoms with Crippen molar-refractivity contribution in [3.05, 3.63) is 0 Å². The Hall–Kier alpha value is -0.770. The van der Waals surface area contributed by atoms with E-state index in [9.17, 15) is 4.79 Å². The average molecular weight is 200 g/mol. The van der Waals surface area contributed by atoms with E-state index in [4.69, 9.17) is 5.11 Å². The van der Waals surface area contributed by atoms with Crippen LogP contribution in [0.2, 0.25) is 0 Å². The first kappa shape index (κ1) is 11.3. The molecule has 4 heteroatoms. The Morgan fingerprint density at radius 1 is 1.57 bits per heavy atom. The molecule has 0 aromatic carbocycles. The minimum absolute atomic E-state index is 0.0699. The fraction of sp³-hybridized carbons (Fsp3) is 0.900. The highest BCUT2D eigenvalue weighted by Crippen LogP contribution is 2.17. The topological polar surface area (TPSA) is 61.4 Å². The van der Waals surface area contributed by atoms with Crippen LogP contribution >= 0.6 is 0 Å². The average Bonchev–Trinajstić information content (AvgIpc) is 2.09. The second-order valence-electron chi connectivity index (χ2n) is 4.10. The molecule has 0 radical (unpaired) electrons. The van der Waals surface area contributed by atoms with E-state index in [1.165, 1.54) is 6.42 Å². The van der Waals surface area contributed by atoms with Gasteiger partial charge in [-0.15, -0.1) is 0 Å². The lowest BCUT2D eigenvalue weighted by Gasteiger charge is -2.26. The summed E-state index contributed by atoms with van der Waals surface area (Å²) in [6.07, 6.45) is 4.19. The number of aliphatic hydroxyl groups excluding tert-OH is 1. The van der Waals surface area contributed by atoms with Crippen LogP contribution < -0.4 is 10.6 Å². The summed E-state index contributed by atoms with van der Waals surface area (Å²) in [7, 11) is 0. The third-order valence-electron chi connectivity index (χ3n) is 2.67. The van der Waals surface area contributed by atoms with Crippen LogP contribution in [0.15, 0.2) is 0 Å². The lowest BCUT2D eigenvalue weighted by molar-refractivity contribution is 0.223. The summed E-state index contributed by atoms with van der Waals surface area (Å²) >= 11 is 0. The smallest absolute Gasteiger partial charge is 0.315 e. The Kier molecular flexibility index (Phi) is 4.73. The Morgan fingerprint density at radius 3 is 2.79 bits per heavy atom. The molecule has 4 nitrogen and oxygen atoms in total. The van der Waals surface area contributed by atoms with Crippen LogP contribution in [0, 0.1) is 5.92 Å². The number of urea groups is 1. The molecule has 14 heavy (non-hydrogen) atoms. The van der Waals surface area contributed by atoms with E-state index in [0.717, 1.165) is 19.3 Å². The third kappa shape index (κ3) is 3.96. The summed E-state index contributed by atoms with van der Waals surface area (Å²) in [5.74, 6) is 0.340. The standard InChI is InChI=1S/C10H20N2O2/c1-8(5-6-13)7-11-10(14)12-9-3-2-4-9/h8-9,13H,2-7H2,1H3,(H2,11,12,14). The second kappa shape index (κ2) is 5.86. The molecule has 3 N–H and O–H groups in total. The van der Waals surface area contributed by atoms with Crippen LogP contribution in [0.1, 0.15) is 32.6 Å². The molecule has 0 heterocycles. The van der Waals surface area contributed by atoms with Gasteiger partial charge in [-0.05, 0) is 31.6 Å². The van der Waals surface area contributed by atoms with Crippen molar-refractivity contribution >= 4 is 6.03 Å². The third-order valence-corrected chi connectivity index (χ3v) is 2.67. The van der Waals surface area contributed by atoms with Gasteiger partial charge in [-0.2, -0.15) is 0 Å². The maximum atomic E-state index is 11.3. The molecule has 0 bridgehead atoms.